The van der Waals surface area contributed by atoms with Crippen LogP contribution in [-0.2, 0) is 15.8 Å². The van der Waals surface area contributed by atoms with E-state index in [-0.39, 0.29) is 30.4 Å². The van der Waals surface area contributed by atoms with Crippen LogP contribution in [0, 0.1) is 0 Å². The molecule has 5 rings (SSSR count). The number of benzene rings is 1. The zero-order chi connectivity index (χ0) is 26.9. The zero-order valence-corrected chi connectivity index (χ0v) is 22.1. The van der Waals surface area contributed by atoms with Crippen LogP contribution in [0.5, 0.6) is 5.88 Å². The van der Waals surface area contributed by atoms with Crippen LogP contribution >= 0.6 is 34.5 Å². The summed E-state index contributed by atoms with van der Waals surface area (Å²) in [6, 6.07) is 6.93. The second kappa shape index (κ2) is 11.1. The van der Waals surface area contributed by atoms with Gasteiger partial charge in [-0.15, -0.1) is 11.3 Å². The quantitative estimate of drug-likeness (QED) is 0.330. The summed E-state index contributed by atoms with van der Waals surface area (Å²) in [6.45, 7) is 0.612. The minimum Gasteiger partial charge on any atom is -0.468 e. The molecule has 200 valence electrons. The molecule has 2 aromatic heterocycles. The summed E-state index contributed by atoms with van der Waals surface area (Å²) < 4.78 is 43.8. The molecular formula is C25H21Cl2F3N4O3S. The molecule has 1 amide bonds. The highest BCUT2D eigenvalue weighted by molar-refractivity contribution is 7.10. The van der Waals surface area contributed by atoms with Gasteiger partial charge in [0.25, 0.3) is 5.91 Å². The summed E-state index contributed by atoms with van der Waals surface area (Å²) in [5.74, 6) is -0.360. The second-order valence-corrected chi connectivity index (χ2v) is 10.6. The average Bonchev–Trinajstić information content (AvgIpc) is 3.57. The molecule has 1 saturated heterocycles. The molecule has 0 saturated carbocycles. The van der Waals surface area contributed by atoms with Gasteiger partial charge in [-0.25, -0.2) is 9.97 Å². The first-order valence-corrected chi connectivity index (χ1v) is 13.4. The number of alkyl halides is 3. The number of piperidine rings is 1. The molecule has 1 aromatic carbocycles. The largest absolute Gasteiger partial charge is 0.468 e. The van der Waals surface area contributed by atoms with Gasteiger partial charge in [-0.3, -0.25) is 4.79 Å². The van der Waals surface area contributed by atoms with E-state index in [1.807, 2.05) is 5.38 Å². The highest BCUT2D eigenvalue weighted by atomic mass is 35.5. The van der Waals surface area contributed by atoms with Crippen LogP contribution in [0.2, 0.25) is 10.0 Å². The summed E-state index contributed by atoms with van der Waals surface area (Å²) in [4.78, 5) is 28.3. The van der Waals surface area contributed by atoms with Crippen molar-refractivity contribution in [1.29, 1.82) is 0 Å². The van der Waals surface area contributed by atoms with E-state index in [2.05, 4.69) is 10.1 Å². The number of ether oxygens (including phenoxy) is 1. The molecule has 0 radical (unpaired) electrons. The Labute approximate surface area is 230 Å². The van der Waals surface area contributed by atoms with E-state index in [0.717, 1.165) is 34.7 Å². The summed E-state index contributed by atoms with van der Waals surface area (Å²) in [5.41, 5.74) is 1.30. The Kier molecular flexibility index (Phi) is 7.78. The molecule has 4 heterocycles. The van der Waals surface area contributed by atoms with Gasteiger partial charge in [0, 0.05) is 58.7 Å². The number of hydrogen-bond donors (Lipinski definition) is 0. The highest BCUT2D eigenvalue weighted by Gasteiger charge is 2.32. The normalized spacial score (nSPS) is 18.3. The lowest BCUT2D eigenvalue weighted by atomic mass is 9.97. The fourth-order valence-electron chi connectivity index (χ4n) is 4.38. The number of carbonyl (C=O) groups excluding carboxylic acids is 1. The molecule has 0 bridgehead atoms. The number of pyridine rings is 1. The fraction of sp³-hybridized carbons (Fsp3) is 0.360. The van der Waals surface area contributed by atoms with E-state index in [9.17, 15) is 18.0 Å². The molecule has 1 fully saturated rings. The Morgan fingerprint density at radius 2 is 1.92 bits per heavy atom. The van der Waals surface area contributed by atoms with E-state index < -0.39 is 11.7 Å². The Bertz CT molecular complexity index is 1340. The molecule has 1 atom stereocenters. The summed E-state index contributed by atoms with van der Waals surface area (Å²) in [7, 11) is 0. The molecular weight excluding hydrogens is 564 g/mol. The number of carbonyl (C=O) groups is 1. The number of hydrogen-bond acceptors (Lipinski definition) is 7. The Morgan fingerprint density at radius 3 is 2.63 bits per heavy atom. The monoisotopic (exact) mass is 584 g/mol. The third-order valence-electron chi connectivity index (χ3n) is 6.41. The lowest BCUT2D eigenvalue weighted by molar-refractivity contribution is -0.137. The van der Waals surface area contributed by atoms with Crippen molar-refractivity contribution in [3.05, 3.63) is 73.8 Å². The van der Waals surface area contributed by atoms with Crippen molar-refractivity contribution in [1.82, 2.24) is 14.9 Å². The summed E-state index contributed by atoms with van der Waals surface area (Å²) in [5, 5.41) is 8.16. The molecule has 13 heteroatoms. The molecule has 38 heavy (non-hydrogen) atoms. The van der Waals surface area contributed by atoms with Crippen LogP contribution in [0.25, 0.3) is 0 Å². The summed E-state index contributed by atoms with van der Waals surface area (Å²) >= 11 is 14.2. The predicted octanol–water partition coefficient (Wildman–Crippen LogP) is 6.51. The lowest BCUT2D eigenvalue weighted by Crippen LogP contribution is -2.40. The van der Waals surface area contributed by atoms with Crippen LogP contribution in [0.4, 0.5) is 13.2 Å². The van der Waals surface area contributed by atoms with Crippen molar-refractivity contribution < 1.29 is 27.5 Å². The zero-order valence-electron chi connectivity index (χ0n) is 19.8. The van der Waals surface area contributed by atoms with Gasteiger partial charge in [0.2, 0.25) is 5.88 Å². The number of likely N-dealkylation sites (tertiary alicyclic amines) is 1. The van der Waals surface area contributed by atoms with Crippen LogP contribution in [0.3, 0.4) is 0 Å². The molecule has 0 spiro atoms. The number of rotatable bonds is 6. The number of nitrogens with zero attached hydrogens (tertiary/aromatic N) is 4. The maximum Gasteiger partial charge on any atom is 0.416 e. The first-order valence-electron chi connectivity index (χ1n) is 11.7. The van der Waals surface area contributed by atoms with Gasteiger partial charge < -0.3 is 14.5 Å². The maximum absolute atomic E-state index is 12.9. The fourth-order valence-corrected chi connectivity index (χ4v) is 6.02. The van der Waals surface area contributed by atoms with E-state index in [4.69, 9.17) is 37.8 Å². The molecule has 2 aliphatic heterocycles. The van der Waals surface area contributed by atoms with Crippen molar-refractivity contribution in [2.24, 2.45) is 5.16 Å². The number of amides is 1. The third-order valence-corrected chi connectivity index (χ3v) is 8.08. The lowest BCUT2D eigenvalue weighted by Gasteiger charge is -2.31. The molecule has 0 aliphatic carbocycles. The number of oxime groups is 1. The van der Waals surface area contributed by atoms with Gasteiger partial charge in [0.1, 0.15) is 5.71 Å². The maximum atomic E-state index is 12.9. The number of thiazole rings is 1. The van der Waals surface area contributed by atoms with E-state index in [0.29, 0.717) is 48.0 Å². The Hall–Kier alpha value is -2.89. The molecule has 2 aliphatic rings. The topological polar surface area (TPSA) is 76.9 Å². The van der Waals surface area contributed by atoms with Crippen LogP contribution in [0.15, 0.2) is 47.1 Å². The smallest absolute Gasteiger partial charge is 0.416 e. The Balaban J connectivity index is 1.13. The minimum atomic E-state index is -4.51. The SMILES string of the molecule is O=C(COc1cc(C(F)(F)F)ccn1)N1CCC(c2nc(C3=NOC(c4c(Cl)cccc4Cl)C3)cs2)CC1. The van der Waals surface area contributed by atoms with Crippen molar-refractivity contribution in [2.45, 2.75) is 37.5 Å². The van der Waals surface area contributed by atoms with E-state index in [1.165, 1.54) is 11.3 Å². The van der Waals surface area contributed by atoms with Gasteiger partial charge in [0.05, 0.1) is 16.3 Å². The van der Waals surface area contributed by atoms with Crippen molar-refractivity contribution in [3.8, 4) is 5.88 Å². The average molecular weight is 585 g/mol. The van der Waals surface area contributed by atoms with Crippen molar-refractivity contribution >= 4 is 46.2 Å². The first kappa shape index (κ1) is 26.7. The highest BCUT2D eigenvalue weighted by Crippen LogP contribution is 2.39. The van der Waals surface area contributed by atoms with Gasteiger partial charge >= 0.3 is 6.18 Å². The van der Waals surface area contributed by atoms with Crippen LogP contribution in [-0.4, -0.2) is 46.2 Å². The minimum absolute atomic E-state index is 0.181. The Morgan fingerprint density at radius 1 is 1.18 bits per heavy atom. The summed E-state index contributed by atoms with van der Waals surface area (Å²) in [6.07, 6.45) is -1.96. The second-order valence-electron chi connectivity index (χ2n) is 8.87. The molecule has 0 N–H and O–H groups in total. The van der Waals surface area contributed by atoms with E-state index in [1.54, 1.807) is 23.1 Å². The van der Waals surface area contributed by atoms with Crippen molar-refractivity contribution in [2.75, 3.05) is 19.7 Å². The molecule has 1 unspecified atom stereocenters. The van der Waals surface area contributed by atoms with Gasteiger partial charge in [-0.2, -0.15) is 13.2 Å². The standard InChI is InChI=1S/C25H21Cl2F3N4O3S/c26-16-2-1-3-17(27)23(16)20-11-18(33-37-20)19-13-38-24(32-19)14-5-8-34(9-6-14)22(35)12-36-21-10-15(4-7-31-21)25(28,29)30/h1-4,7,10,13-14,20H,5-6,8-9,11-12H2. The number of aromatic nitrogens is 2. The molecule has 7 nitrogen and oxygen atoms in total. The van der Waals surface area contributed by atoms with Crippen LogP contribution < -0.4 is 4.74 Å². The molecule has 3 aromatic rings. The van der Waals surface area contributed by atoms with Gasteiger partial charge in [-0.1, -0.05) is 34.4 Å². The van der Waals surface area contributed by atoms with Gasteiger partial charge in [-0.05, 0) is 31.0 Å². The first-order chi connectivity index (χ1) is 18.2. The number of halogens is 5. The van der Waals surface area contributed by atoms with E-state index >= 15 is 0 Å². The third kappa shape index (κ3) is 5.89. The van der Waals surface area contributed by atoms with Gasteiger partial charge in [0.15, 0.2) is 12.7 Å². The predicted molar refractivity (Wildman–Crippen MR) is 137 cm³/mol. The van der Waals surface area contributed by atoms with Crippen LogP contribution in [0.1, 0.15) is 53.1 Å². The van der Waals surface area contributed by atoms with Crippen molar-refractivity contribution in [3.63, 3.8) is 0 Å².